The van der Waals surface area contributed by atoms with Crippen molar-refractivity contribution in [2.75, 3.05) is 25.0 Å². The number of amides is 2. The second-order valence-electron chi connectivity index (χ2n) is 9.11. The van der Waals surface area contributed by atoms with Gasteiger partial charge in [0.15, 0.2) is 5.65 Å². The summed E-state index contributed by atoms with van der Waals surface area (Å²) < 4.78 is 22.0. The van der Waals surface area contributed by atoms with Crippen LogP contribution in [0.5, 0.6) is 5.75 Å². The maximum absolute atomic E-state index is 14.5. The number of aliphatic hydroxyl groups is 1. The van der Waals surface area contributed by atoms with Crippen LogP contribution in [0.3, 0.4) is 0 Å². The summed E-state index contributed by atoms with van der Waals surface area (Å²) in [6.07, 6.45) is 3.01. The number of hydrogen-bond acceptors (Lipinski definition) is 7. The average Bonchev–Trinajstić information content (AvgIpc) is 3.31. The molecule has 0 radical (unpaired) electrons. The van der Waals surface area contributed by atoms with Gasteiger partial charge < -0.3 is 25.4 Å². The van der Waals surface area contributed by atoms with Crippen LogP contribution in [0.2, 0.25) is 0 Å². The second kappa shape index (κ2) is 8.33. The summed E-state index contributed by atoms with van der Waals surface area (Å²) in [4.78, 5) is 31.6. The molecule has 1 unspecified atom stereocenters. The molecule has 0 saturated carbocycles. The van der Waals surface area contributed by atoms with Gasteiger partial charge in [-0.15, -0.1) is 0 Å². The smallest absolute Gasteiger partial charge is 0.261 e. The lowest BCUT2D eigenvalue weighted by atomic mass is 10.0. The Hall–Kier alpha value is -3.57. The SMILES string of the molecule is CC(C)(O)C(F)CN1Cc2cc(NC(=O)c3cnn4cccnc34)c(OC3CNC3)cc2C1=O. The molecule has 5 rings (SSSR count). The molecule has 0 bridgehead atoms. The minimum Gasteiger partial charge on any atom is -0.486 e. The number of alkyl halides is 1. The molecule has 10 nitrogen and oxygen atoms in total. The van der Waals surface area contributed by atoms with Gasteiger partial charge in [0.1, 0.15) is 23.6 Å². The van der Waals surface area contributed by atoms with Crippen molar-refractivity contribution in [2.24, 2.45) is 0 Å². The van der Waals surface area contributed by atoms with E-state index in [-0.39, 0.29) is 25.1 Å². The molecule has 178 valence electrons. The Kier molecular flexibility index (Phi) is 5.45. The van der Waals surface area contributed by atoms with Crippen molar-refractivity contribution < 1.29 is 23.8 Å². The minimum absolute atomic E-state index is 0.0923. The third-order valence-electron chi connectivity index (χ3n) is 6.04. The van der Waals surface area contributed by atoms with Crippen LogP contribution < -0.4 is 15.4 Å². The van der Waals surface area contributed by atoms with E-state index in [4.69, 9.17) is 4.74 Å². The number of anilines is 1. The molecule has 2 amide bonds. The van der Waals surface area contributed by atoms with Gasteiger partial charge in [-0.2, -0.15) is 5.10 Å². The van der Waals surface area contributed by atoms with E-state index in [1.807, 2.05) is 0 Å². The van der Waals surface area contributed by atoms with Gasteiger partial charge in [-0.25, -0.2) is 13.9 Å². The van der Waals surface area contributed by atoms with E-state index in [0.29, 0.717) is 46.9 Å². The van der Waals surface area contributed by atoms with Crippen LogP contribution in [0, 0.1) is 0 Å². The van der Waals surface area contributed by atoms with Gasteiger partial charge in [-0.3, -0.25) is 9.59 Å². The summed E-state index contributed by atoms with van der Waals surface area (Å²) in [5.41, 5.74) is 0.567. The molecule has 3 aromatic rings. The number of benzene rings is 1. The van der Waals surface area contributed by atoms with Crippen molar-refractivity contribution in [3.8, 4) is 5.75 Å². The molecule has 0 aliphatic carbocycles. The molecular weight excluding hydrogens is 443 g/mol. The van der Waals surface area contributed by atoms with Gasteiger partial charge in [0, 0.05) is 37.6 Å². The molecule has 2 aliphatic rings. The van der Waals surface area contributed by atoms with Gasteiger partial charge in [-0.1, -0.05) is 0 Å². The minimum atomic E-state index is -1.61. The maximum Gasteiger partial charge on any atom is 0.261 e. The number of ether oxygens (including phenoxy) is 1. The highest BCUT2D eigenvalue weighted by molar-refractivity contribution is 6.09. The third-order valence-corrected chi connectivity index (χ3v) is 6.04. The number of nitrogens with one attached hydrogen (secondary N) is 2. The standard InChI is InChI=1S/C23H25FN6O4/c1-23(2,33)19(24)12-29-11-13-6-17(18(7-15(13)22(29)32)34-14-8-25-9-14)28-21(31)16-10-27-30-5-3-4-26-20(16)30/h3-7,10,14,19,25,33H,8-9,11-12H2,1-2H3,(H,28,31). The van der Waals surface area contributed by atoms with Crippen LogP contribution in [-0.4, -0.2) is 73.9 Å². The molecule has 1 fully saturated rings. The Bertz CT molecular complexity index is 1270. The van der Waals surface area contributed by atoms with Crippen LogP contribution in [-0.2, 0) is 6.54 Å². The first kappa shape index (κ1) is 22.2. The number of halogens is 1. The van der Waals surface area contributed by atoms with Gasteiger partial charge in [0.2, 0.25) is 0 Å². The largest absolute Gasteiger partial charge is 0.486 e. The molecule has 1 atom stereocenters. The summed E-state index contributed by atoms with van der Waals surface area (Å²) in [6, 6.07) is 4.99. The molecular formula is C23H25FN6O4. The number of fused-ring (bicyclic) bond motifs is 2. The van der Waals surface area contributed by atoms with E-state index < -0.39 is 17.7 Å². The number of nitrogens with zero attached hydrogens (tertiary/aromatic N) is 4. The van der Waals surface area contributed by atoms with E-state index >= 15 is 0 Å². The van der Waals surface area contributed by atoms with Crippen LogP contribution in [0.25, 0.3) is 5.65 Å². The lowest BCUT2D eigenvalue weighted by Gasteiger charge is -2.29. The van der Waals surface area contributed by atoms with Crippen LogP contribution in [0.1, 0.15) is 40.1 Å². The zero-order chi connectivity index (χ0) is 24.0. The van der Waals surface area contributed by atoms with Crippen molar-refractivity contribution in [3.63, 3.8) is 0 Å². The third kappa shape index (κ3) is 4.08. The highest BCUT2D eigenvalue weighted by Crippen LogP contribution is 2.35. The van der Waals surface area contributed by atoms with E-state index in [9.17, 15) is 19.1 Å². The van der Waals surface area contributed by atoms with Crippen molar-refractivity contribution >= 4 is 23.1 Å². The van der Waals surface area contributed by atoms with Crippen molar-refractivity contribution in [1.29, 1.82) is 0 Å². The van der Waals surface area contributed by atoms with Gasteiger partial charge in [0.25, 0.3) is 11.8 Å². The van der Waals surface area contributed by atoms with E-state index in [0.717, 1.165) is 0 Å². The Morgan fingerprint density at radius 2 is 2.21 bits per heavy atom. The average molecular weight is 468 g/mol. The fraction of sp³-hybridized carbons (Fsp3) is 0.391. The van der Waals surface area contributed by atoms with Crippen molar-refractivity contribution in [1.82, 2.24) is 24.8 Å². The lowest BCUT2D eigenvalue weighted by molar-refractivity contribution is -0.0159. The Morgan fingerprint density at radius 1 is 1.41 bits per heavy atom. The second-order valence-corrected chi connectivity index (χ2v) is 9.11. The van der Waals surface area contributed by atoms with Gasteiger partial charge >= 0.3 is 0 Å². The Labute approximate surface area is 194 Å². The van der Waals surface area contributed by atoms with E-state index in [1.165, 1.54) is 29.5 Å². The molecule has 11 heteroatoms. The van der Waals surface area contributed by atoms with Crippen LogP contribution in [0.4, 0.5) is 10.1 Å². The van der Waals surface area contributed by atoms with Gasteiger partial charge in [-0.05, 0) is 37.6 Å². The molecule has 4 heterocycles. The first-order valence-corrected chi connectivity index (χ1v) is 11.0. The maximum atomic E-state index is 14.5. The normalized spacial score (nSPS) is 16.9. The fourth-order valence-corrected chi connectivity index (χ4v) is 3.86. The first-order valence-electron chi connectivity index (χ1n) is 11.0. The van der Waals surface area contributed by atoms with E-state index in [2.05, 4.69) is 20.7 Å². The van der Waals surface area contributed by atoms with Gasteiger partial charge in [0.05, 0.1) is 24.0 Å². The quantitative estimate of drug-likeness (QED) is 0.479. The highest BCUT2D eigenvalue weighted by Gasteiger charge is 2.36. The summed E-state index contributed by atoms with van der Waals surface area (Å²) >= 11 is 0. The molecule has 0 spiro atoms. The number of carbonyl (C=O) groups is 2. The monoisotopic (exact) mass is 468 g/mol. The molecule has 2 aliphatic heterocycles. The Morgan fingerprint density at radius 3 is 2.91 bits per heavy atom. The lowest BCUT2D eigenvalue weighted by Crippen LogP contribution is -2.50. The van der Waals surface area contributed by atoms with Crippen LogP contribution in [0.15, 0.2) is 36.8 Å². The van der Waals surface area contributed by atoms with Crippen molar-refractivity contribution in [2.45, 2.75) is 38.3 Å². The summed E-state index contributed by atoms with van der Waals surface area (Å²) in [7, 11) is 0. The fourth-order valence-electron chi connectivity index (χ4n) is 3.86. The number of hydrogen-bond donors (Lipinski definition) is 3. The van der Waals surface area contributed by atoms with Crippen molar-refractivity contribution in [3.05, 3.63) is 53.5 Å². The number of rotatable bonds is 7. The molecule has 34 heavy (non-hydrogen) atoms. The summed E-state index contributed by atoms with van der Waals surface area (Å²) in [5, 5.41) is 20.1. The zero-order valence-electron chi connectivity index (χ0n) is 18.8. The van der Waals surface area contributed by atoms with E-state index in [1.54, 1.807) is 30.6 Å². The van der Waals surface area contributed by atoms with Crippen LogP contribution >= 0.6 is 0 Å². The zero-order valence-corrected chi connectivity index (χ0v) is 18.8. The summed E-state index contributed by atoms with van der Waals surface area (Å²) in [6.45, 7) is 3.96. The topological polar surface area (TPSA) is 121 Å². The number of aromatic nitrogens is 3. The first-order chi connectivity index (χ1) is 16.2. The Balaban J connectivity index is 1.44. The predicted molar refractivity (Wildman–Crippen MR) is 121 cm³/mol. The number of carbonyl (C=O) groups excluding carboxylic acids is 2. The summed E-state index contributed by atoms with van der Waals surface area (Å²) in [5.74, 6) is -0.405. The molecule has 1 saturated heterocycles. The molecule has 2 aromatic heterocycles. The highest BCUT2D eigenvalue weighted by atomic mass is 19.1. The predicted octanol–water partition coefficient (Wildman–Crippen LogP) is 1.40. The molecule has 1 aromatic carbocycles. The molecule has 3 N–H and O–H groups in total.